The van der Waals surface area contributed by atoms with Gasteiger partial charge in [0.15, 0.2) is 5.65 Å². The maximum absolute atomic E-state index is 12.3. The van der Waals surface area contributed by atoms with Crippen LogP contribution in [0.25, 0.3) is 5.65 Å². The van der Waals surface area contributed by atoms with Gasteiger partial charge in [-0.15, -0.1) is 5.10 Å². The van der Waals surface area contributed by atoms with E-state index >= 15 is 0 Å². The van der Waals surface area contributed by atoms with E-state index in [0.29, 0.717) is 18.2 Å². The van der Waals surface area contributed by atoms with Crippen molar-refractivity contribution in [2.75, 3.05) is 13.1 Å². The number of likely N-dealkylation sites (tertiary alicyclic amines) is 1. The summed E-state index contributed by atoms with van der Waals surface area (Å²) >= 11 is 0. The van der Waals surface area contributed by atoms with E-state index in [-0.39, 0.29) is 5.69 Å². The zero-order valence-corrected chi connectivity index (χ0v) is 13.0. The minimum absolute atomic E-state index is 0.0592. The molecule has 1 saturated heterocycles. The van der Waals surface area contributed by atoms with Crippen molar-refractivity contribution < 1.29 is 0 Å². The second kappa shape index (κ2) is 6.01. The Morgan fingerprint density at radius 2 is 1.87 bits per heavy atom. The normalized spacial score (nSPS) is 18.7. The van der Waals surface area contributed by atoms with Gasteiger partial charge in [0.05, 0.1) is 6.54 Å². The molecule has 5 heteroatoms. The monoisotopic (exact) mass is 308 g/mol. The Bertz CT molecular complexity index is 852. The number of hydrogen-bond acceptors (Lipinski definition) is 3. The third-order valence-electron chi connectivity index (χ3n) is 4.64. The van der Waals surface area contributed by atoms with Gasteiger partial charge in [-0.05, 0) is 37.1 Å². The zero-order valence-electron chi connectivity index (χ0n) is 13.0. The van der Waals surface area contributed by atoms with Crippen molar-refractivity contribution in [3.8, 4) is 0 Å². The molecule has 0 saturated carbocycles. The van der Waals surface area contributed by atoms with Crippen molar-refractivity contribution in [3.63, 3.8) is 0 Å². The van der Waals surface area contributed by atoms with Crippen LogP contribution in [-0.4, -0.2) is 32.2 Å². The predicted molar refractivity (Wildman–Crippen MR) is 89.4 cm³/mol. The number of hydrogen-bond donors (Lipinski definition) is 0. The molecule has 0 N–H and O–H groups in total. The van der Waals surface area contributed by atoms with Gasteiger partial charge in [0.2, 0.25) is 0 Å². The minimum Gasteiger partial charge on any atom is -0.294 e. The first-order chi connectivity index (χ1) is 11.3. The van der Waals surface area contributed by atoms with Gasteiger partial charge in [0.1, 0.15) is 0 Å². The average molecular weight is 308 g/mol. The molecule has 3 heterocycles. The Labute approximate surface area is 134 Å². The molecule has 0 radical (unpaired) electrons. The summed E-state index contributed by atoms with van der Waals surface area (Å²) in [5.41, 5.74) is 2.02. The van der Waals surface area contributed by atoms with E-state index in [0.717, 1.165) is 13.1 Å². The Kier molecular flexibility index (Phi) is 3.71. The summed E-state index contributed by atoms with van der Waals surface area (Å²) in [7, 11) is 0. The molecule has 1 aliphatic rings. The first-order valence-electron chi connectivity index (χ1n) is 8.16. The predicted octanol–water partition coefficient (Wildman–Crippen LogP) is 2.33. The lowest BCUT2D eigenvalue weighted by Gasteiger charge is -2.24. The van der Waals surface area contributed by atoms with E-state index in [2.05, 4.69) is 40.3 Å². The second-order valence-electron chi connectivity index (χ2n) is 6.04. The first kappa shape index (κ1) is 14.2. The molecule has 1 atom stereocenters. The number of rotatable bonds is 4. The summed E-state index contributed by atoms with van der Waals surface area (Å²) in [5, 5.41) is 4.41. The Balaban J connectivity index is 1.51. The topological polar surface area (TPSA) is 42.5 Å². The molecule has 5 nitrogen and oxygen atoms in total. The number of nitrogens with zero attached hydrogens (tertiary/aromatic N) is 4. The fourth-order valence-corrected chi connectivity index (χ4v) is 3.48. The van der Waals surface area contributed by atoms with Crippen LogP contribution in [-0.2, 0) is 6.54 Å². The molecule has 3 aromatic rings. The molecule has 1 fully saturated rings. The molecule has 1 aromatic carbocycles. The Morgan fingerprint density at radius 3 is 2.70 bits per heavy atom. The van der Waals surface area contributed by atoms with Gasteiger partial charge in [-0.2, -0.15) is 0 Å². The average Bonchev–Trinajstić information content (AvgIpc) is 3.19. The van der Waals surface area contributed by atoms with Crippen molar-refractivity contribution in [3.05, 3.63) is 70.8 Å². The lowest BCUT2D eigenvalue weighted by atomic mass is 10.0. The standard InChI is InChI=1S/C18H20N4O/c23-18-21-12-5-4-10-17(21)19-22(18)14-13-20-11-6-9-16(20)15-7-2-1-3-8-15/h1-5,7-8,10,12,16H,6,9,11,13-14H2. The van der Waals surface area contributed by atoms with E-state index in [1.807, 2.05) is 18.2 Å². The molecule has 1 unspecified atom stereocenters. The van der Waals surface area contributed by atoms with Crippen LogP contribution in [0.2, 0.25) is 0 Å². The quantitative estimate of drug-likeness (QED) is 0.743. The first-order valence-corrected chi connectivity index (χ1v) is 8.16. The lowest BCUT2D eigenvalue weighted by molar-refractivity contribution is 0.241. The smallest absolute Gasteiger partial charge is 0.294 e. The number of fused-ring (bicyclic) bond motifs is 1. The molecule has 0 aliphatic carbocycles. The summed E-state index contributed by atoms with van der Waals surface area (Å²) in [5.74, 6) is 0. The van der Waals surface area contributed by atoms with Crippen LogP contribution in [0, 0.1) is 0 Å². The highest BCUT2D eigenvalue weighted by atomic mass is 16.2. The summed E-state index contributed by atoms with van der Waals surface area (Å²) in [6, 6.07) is 16.7. The zero-order chi connectivity index (χ0) is 15.6. The van der Waals surface area contributed by atoms with Gasteiger partial charge in [0.25, 0.3) is 0 Å². The van der Waals surface area contributed by atoms with Crippen LogP contribution in [0.15, 0.2) is 59.5 Å². The molecule has 4 rings (SSSR count). The van der Waals surface area contributed by atoms with Gasteiger partial charge in [-0.3, -0.25) is 9.30 Å². The molecule has 23 heavy (non-hydrogen) atoms. The van der Waals surface area contributed by atoms with Crippen LogP contribution in [0.4, 0.5) is 0 Å². The van der Waals surface area contributed by atoms with Gasteiger partial charge in [0, 0.05) is 18.8 Å². The largest absolute Gasteiger partial charge is 0.350 e. The van der Waals surface area contributed by atoms with E-state index in [1.54, 1.807) is 15.3 Å². The van der Waals surface area contributed by atoms with Crippen molar-refractivity contribution >= 4 is 5.65 Å². The molecule has 0 bridgehead atoms. The summed E-state index contributed by atoms with van der Waals surface area (Å²) < 4.78 is 3.17. The molecule has 2 aromatic heterocycles. The van der Waals surface area contributed by atoms with Crippen molar-refractivity contribution in [1.82, 2.24) is 19.1 Å². The minimum atomic E-state index is -0.0592. The summed E-state index contributed by atoms with van der Waals surface area (Å²) in [6.45, 7) is 2.56. The molecule has 0 spiro atoms. The second-order valence-corrected chi connectivity index (χ2v) is 6.04. The molecular weight excluding hydrogens is 288 g/mol. The lowest BCUT2D eigenvalue weighted by Crippen LogP contribution is -2.31. The van der Waals surface area contributed by atoms with Gasteiger partial charge >= 0.3 is 5.69 Å². The molecule has 118 valence electrons. The van der Waals surface area contributed by atoms with Gasteiger partial charge in [-0.1, -0.05) is 36.4 Å². The van der Waals surface area contributed by atoms with Crippen LogP contribution in [0.1, 0.15) is 24.4 Å². The Hall–Kier alpha value is -2.40. The van der Waals surface area contributed by atoms with Crippen LogP contribution in [0.5, 0.6) is 0 Å². The number of pyridine rings is 1. The maximum atomic E-state index is 12.3. The van der Waals surface area contributed by atoms with Crippen molar-refractivity contribution in [2.45, 2.75) is 25.4 Å². The highest BCUT2D eigenvalue weighted by Gasteiger charge is 2.25. The van der Waals surface area contributed by atoms with E-state index in [4.69, 9.17) is 0 Å². The van der Waals surface area contributed by atoms with Gasteiger partial charge < -0.3 is 0 Å². The van der Waals surface area contributed by atoms with Crippen molar-refractivity contribution in [1.29, 1.82) is 0 Å². The molecule has 0 amide bonds. The third kappa shape index (κ3) is 2.68. The maximum Gasteiger partial charge on any atom is 0.350 e. The molecule has 1 aliphatic heterocycles. The fraction of sp³-hybridized carbons (Fsp3) is 0.333. The number of aromatic nitrogens is 3. The van der Waals surface area contributed by atoms with Crippen LogP contribution >= 0.6 is 0 Å². The van der Waals surface area contributed by atoms with Crippen LogP contribution in [0.3, 0.4) is 0 Å². The third-order valence-corrected chi connectivity index (χ3v) is 4.64. The fourth-order valence-electron chi connectivity index (χ4n) is 3.48. The number of benzene rings is 1. The van der Waals surface area contributed by atoms with E-state index in [9.17, 15) is 4.79 Å². The van der Waals surface area contributed by atoms with Crippen LogP contribution < -0.4 is 5.69 Å². The molecular formula is C18H20N4O. The van der Waals surface area contributed by atoms with E-state index < -0.39 is 0 Å². The van der Waals surface area contributed by atoms with Crippen molar-refractivity contribution in [2.24, 2.45) is 0 Å². The summed E-state index contributed by atoms with van der Waals surface area (Å²) in [6.07, 6.45) is 4.16. The SMILES string of the molecule is O=c1n(CCN2CCCC2c2ccccc2)nc2ccccn12. The van der Waals surface area contributed by atoms with Gasteiger partial charge in [-0.25, -0.2) is 9.48 Å². The highest BCUT2D eigenvalue weighted by molar-refractivity contribution is 5.35. The summed E-state index contributed by atoms with van der Waals surface area (Å²) in [4.78, 5) is 14.8. The Morgan fingerprint density at radius 1 is 1.04 bits per heavy atom. The van der Waals surface area contributed by atoms with E-state index in [1.165, 1.54) is 18.4 Å². The highest BCUT2D eigenvalue weighted by Crippen LogP contribution is 2.31.